The molecule has 1 aromatic carbocycles. The van der Waals surface area contributed by atoms with Crippen molar-refractivity contribution in [3.8, 4) is 0 Å². The molecule has 1 aliphatic heterocycles. The molecule has 3 N–H and O–H groups in total. The first-order valence-electron chi connectivity index (χ1n) is 4.92. The Bertz CT molecular complexity index is 277. The summed E-state index contributed by atoms with van der Waals surface area (Å²) in [5, 5.41) is 3.48. The van der Waals surface area contributed by atoms with Crippen LogP contribution in [0.15, 0.2) is 24.3 Å². The Morgan fingerprint density at radius 2 is 2.38 bits per heavy atom. The highest BCUT2D eigenvalue weighted by molar-refractivity contribution is 5.40. The van der Waals surface area contributed by atoms with Gasteiger partial charge in [0.15, 0.2) is 0 Å². The summed E-state index contributed by atoms with van der Waals surface area (Å²) in [7, 11) is 0. The summed E-state index contributed by atoms with van der Waals surface area (Å²) in [5.41, 5.74) is 7.93. The molecule has 2 nitrogen and oxygen atoms in total. The predicted molar refractivity (Wildman–Crippen MR) is 55.6 cm³/mol. The van der Waals surface area contributed by atoms with Gasteiger partial charge in [-0.05, 0) is 43.5 Å². The summed E-state index contributed by atoms with van der Waals surface area (Å²) in [6.45, 7) is 1.17. The van der Waals surface area contributed by atoms with Crippen LogP contribution in [0.4, 0.5) is 5.69 Å². The minimum Gasteiger partial charge on any atom is -0.399 e. The fourth-order valence-electron chi connectivity index (χ4n) is 1.94. The third kappa shape index (κ3) is 2.22. The normalized spacial score (nSPS) is 22.0. The molecule has 1 atom stereocenters. The zero-order valence-electron chi connectivity index (χ0n) is 7.79. The lowest BCUT2D eigenvalue weighted by atomic mass is 10.0. The van der Waals surface area contributed by atoms with Crippen molar-refractivity contribution in [3.63, 3.8) is 0 Å². The Balaban J connectivity index is 2.00. The number of nitrogens with one attached hydrogen (secondary N) is 1. The molecule has 0 saturated carbocycles. The van der Waals surface area contributed by atoms with Crippen molar-refractivity contribution in [1.29, 1.82) is 0 Å². The van der Waals surface area contributed by atoms with Crippen molar-refractivity contribution in [2.45, 2.75) is 25.3 Å². The zero-order chi connectivity index (χ0) is 9.10. The first kappa shape index (κ1) is 8.57. The maximum Gasteiger partial charge on any atom is 0.0316 e. The molecular formula is C11H16N2. The zero-order valence-corrected chi connectivity index (χ0v) is 7.79. The van der Waals surface area contributed by atoms with Crippen LogP contribution in [-0.2, 0) is 6.42 Å². The van der Waals surface area contributed by atoms with Crippen LogP contribution in [-0.4, -0.2) is 12.6 Å². The minimum atomic E-state index is 0.668. The Kier molecular flexibility index (Phi) is 2.50. The molecule has 70 valence electrons. The van der Waals surface area contributed by atoms with Gasteiger partial charge >= 0.3 is 0 Å². The van der Waals surface area contributed by atoms with E-state index in [2.05, 4.69) is 17.4 Å². The van der Waals surface area contributed by atoms with Crippen LogP contribution in [0.1, 0.15) is 18.4 Å². The van der Waals surface area contributed by atoms with Crippen molar-refractivity contribution in [2.24, 2.45) is 0 Å². The van der Waals surface area contributed by atoms with Gasteiger partial charge in [0.2, 0.25) is 0 Å². The molecule has 0 amide bonds. The van der Waals surface area contributed by atoms with Gasteiger partial charge in [-0.15, -0.1) is 0 Å². The van der Waals surface area contributed by atoms with Crippen LogP contribution in [0.2, 0.25) is 0 Å². The van der Waals surface area contributed by atoms with Gasteiger partial charge in [-0.25, -0.2) is 0 Å². The van der Waals surface area contributed by atoms with E-state index in [4.69, 9.17) is 5.73 Å². The average molecular weight is 176 g/mol. The van der Waals surface area contributed by atoms with Gasteiger partial charge in [-0.2, -0.15) is 0 Å². The van der Waals surface area contributed by atoms with Gasteiger partial charge in [-0.3, -0.25) is 0 Å². The summed E-state index contributed by atoms with van der Waals surface area (Å²) in [5.74, 6) is 0. The average Bonchev–Trinajstić information content (AvgIpc) is 2.57. The maximum absolute atomic E-state index is 5.71. The predicted octanol–water partition coefficient (Wildman–Crippen LogP) is 1.56. The van der Waals surface area contributed by atoms with Crippen LogP contribution in [0, 0.1) is 0 Å². The van der Waals surface area contributed by atoms with E-state index >= 15 is 0 Å². The van der Waals surface area contributed by atoms with E-state index in [0.717, 1.165) is 12.1 Å². The minimum absolute atomic E-state index is 0.668. The van der Waals surface area contributed by atoms with E-state index in [1.165, 1.54) is 24.9 Å². The number of nitrogen functional groups attached to an aromatic ring is 1. The third-order valence-corrected chi connectivity index (χ3v) is 2.60. The molecule has 0 spiro atoms. The number of benzene rings is 1. The summed E-state index contributed by atoms with van der Waals surface area (Å²) in [6.07, 6.45) is 3.73. The lowest BCUT2D eigenvalue weighted by Gasteiger charge is -2.09. The van der Waals surface area contributed by atoms with Gasteiger partial charge in [0, 0.05) is 11.7 Å². The van der Waals surface area contributed by atoms with Crippen LogP contribution in [0.3, 0.4) is 0 Å². The largest absolute Gasteiger partial charge is 0.399 e. The van der Waals surface area contributed by atoms with E-state index in [0.29, 0.717) is 6.04 Å². The van der Waals surface area contributed by atoms with Gasteiger partial charge in [-0.1, -0.05) is 12.1 Å². The first-order valence-corrected chi connectivity index (χ1v) is 4.92. The summed E-state index contributed by atoms with van der Waals surface area (Å²) < 4.78 is 0. The maximum atomic E-state index is 5.71. The van der Waals surface area contributed by atoms with Gasteiger partial charge < -0.3 is 11.1 Å². The van der Waals surface area contributed by atoms with E-state index in [1.807, 2.05) is 12.1 Å². The molecule has 1 heterocycles. The van der Waals surface area contributed by atoms with Crippen LogP contribution in [0.25, 0.3) is 0 Å². The van der Waals surface area contributed by atoms with Crippen molar-refractivity contribution < 1.29 is 0 Å². The molecule has 0 aromatic heterocycles. The Morgan fingerprint density at radius 3 is 3.08 bits per heavy atom. The summed E-state index contributed by atoms with van der Waals surface area (Å²) in [4.78, 5) is 0. The van der Waals surface area contributed by atoms with Crippen LogP contribution in [0.5, 0.6) is 0 Å². The second-order valence-electron chi connectivity index (χ2n) is 3.74. The Morgan fingerprint density at radius 1 is 1.46 bits per heavy atom. The lowest BCUT2D eigenvalue weighted by molar-refractivity contribution is 0.603. The first-order chi connectivity index (χ1) is 6.34. The molecule has 0 bridgehead atoms. The SMILES string of the molecule is Nc1cccc(CC2CCCN2)c1. The summed E-state index contributed by atoms with van der Waals surface area (Å²) in [6, 6.07) is 8.85. The van der Waals surface area contributed by atoms with E-state index in [-0.39, 0.29) is 0 Å². The number of hydrogen-bond acceptors (Lipinski definition) is 2. The van der Waals surface area contributed by atoms with E-state index in [1.54, 1.807) is 0 Å². The molecule has 1 unspecified atom stereocenters. The monoisotopic (exact) mass is 176 g/mol. The topological polar surface area (TPSA) is 38.0 Å². The second kappa shape index (κ2) is 3.79. The molecule has 1 aromatic rings. The van der Waals surface area contributed by atoms with Crippen molar-refractivity contribution >= 4 is 5.69 Å². The number of anilines is 1. The third-order valence-electron chi connectivity index (χ3n) is 2.60. The molecule has 2 rings (SSSR count). The fraction of sp³-hybridized carbons (Fsp3) is 0.455. The number of rotatable bonds is 2. The molecule has 1 fully saturated rings. The standard InChI is InChI=1S/C11H16N2/c12-10-4-1-3-9(7-10)8-11-5-2-6-13-11/h1,3-4,7,11,13H,2,5-6,8,12H2. The van der Waals surface area contributed by atoms with Crippen molar-refractivity contribution in [2.75, 3.05) is 12.3 Å². The highest BCUT2D eigenvalue weighted by atomic mass is 14.9. The quantitative estimate of drug-likeness (QED) is 0.671. The number of nitrogens with two attached hydrogens (primary N) is 1. The molecule has 1 saturated heterocycles. The van der Waals surface area contributed by atoms with Gasteiger partial charge in [0.1, 0.15) is 0 Å². The van der Waals surface area contributed by atoms with Gasteiger partial charge in [0.25, 0.3) is 0 Å². The molecular weight excluding hydrogens is 160 g/mol. The molecule has 0 aliphatic carbocycles. The molecule has 13 heavy (non-hydrogen) atoms. The lowest BCUT2D eigenvalue weighted by Crippen LogP contribution is -2.23. The number of hydrogen-bond donors (Lipinski definition) is 2. The highest BCUT2D eigenvalue weighted by Crippen LogP contribution is 2.13. The van der Waals surface area contributed by atoms with E-state index < -0.39 is 0 Å². The molecule has 2 heteroatoms. The van der Waals surface area contributed by atoms with Crippen molar-refractivity contribution in [3.05, 3.63) is 29.8 Å². The fourth-order valence-corrected chi connectivity index (χ4v) is 1.94. The Hall–Kier alpha value is -1.02. The molecule has 1 aliphatic rings. The smallest absolute Gasteiger partial charge is 0.0316 e. The molecule has 0 radical (unpaired) electrons. The van der Waals surface area contributed by atoms with Crippen LogP contribution < -0.4 is 11.1 Å². The summed E-state index contributed by atoms with van der Waals surface area (Å²) >= 11 is 0. The van der Waals surface area contributed by atoms with Crippen LogP contribution >= 0.6 is 0 Å². The van der Waals surface area contributed by atoms with E-state index in [9.17, 15) is 0 Å². The highest BCUT2D eigenvalue weighted by Gasteiger charge is 2.13. The van der Waals surface area contributed by atoms with Gasteiger partial charge in [0.05, 0.1) is 0 Å². The second-order valence-corrected chi connectivity index (χ2v) is 3.74. The Labute approximate surface area is 79.1 Å². The van der Waals surface area contributed by atoms with Crippen molar-refractivity contribution in [1.82, 2.24) is 5.32 Å².